The van der Waals surface area contributed by atoms with Gasteiger partial charge in [-0.05, 0) is 99.3 Å². The van der Waals surface area contributed by atoms with Crippen molar-refractivity contribution < 1.29 is 26.9 Å². The fraction of sp³-hybridized carbons (Fsp3) is 0.962. The highest BCUT2D eigenvalue weighted by atomic mass is 32.2. The molecule has 11 atom stereocenters. The predicted molar refractivity (Wildman–Crippen MR) is 133 cm³/mol. The predicted octanol–water partition coefficient (Wildman–Crippen LogP) is 5.14. The fourth-order valence-corrected chi connectivity index (χ4v) is 9.55. The first-order chi connectivity index (χ1) is 16.9. The molecular weight excluding hydrogens is 482 g/mol. The number of hydrogen-bond acceptors (Lipinski definition) is 7. The van der Waals surface area contributed by atoms with E-state index in [0.717, 1.165) is 51.2 Å². The Labute approximate surface area is 214 Å². The van der Waals surface area contributed by atoms with Crippen LogP contribution in [-0.2, 0) is 28.6 Å². The minimum Gasteiger partial charge on any atom is -0.349 e. The van der Waals surface area contributed by atoms with Gasteiger partial charge in [0.25, 0.3) is 10.1 Å². The van der Waals surface area contributed by atoms with E-state index in [9.17, 15) is 13.2 Å². The van der Waals surface area contributed by atoms with Gasteiger partial charge in [0.05, 0.1) is 24.5 Å². The largest absolute Gasteiger partial charge is 0.349 e. The molecule has 1 aliphatic heterocycles. The Morgan fingerprint density at radius 1 is 1.08 bits per heavy atom. The van der Waals surface area contributed by atoms with Crippen molar-refractivity contribution in [2.24, 2.45) is 39.6 Å². The maximum absolute atomic E-state index is 12.7. The van der Waals surface area contributed by atoms with Gasteiger partial charge in [0.2, 0.25) is 0 Å². The maximum atomic E-state index is 12.7. The summed E-state index contributed by atoms with van der Waals surface area (Å²) < 4.78 is 40.9. The van der Waals surface area contributed by atoms with E-state index in [4.69, 9.17) is 19.2 Å². The lowest BCUT2D eigenvalue weighted by molar-refractivity contribution is -0.250. The minimum absolute atomic E-state index is 0.0162. The second-order valence-corrected chi connectivity index (χ2v) is 14.3. The summed E-state index contributed by atoms with van der Waals surface area (Å²) in [4.78, 5) is 15.6. The van der Waals surface area contributed by atoms with Crippen LogP contribution in [0.4, 0.5) is 0 Å². The van der Waals surface area contributed by atoms with Crippen molar-refractivity contribution in [3.8, 4) is 0 Å². The van der Waals surface area contributed by atoms with E-state index in [1.165, 1.54) is 12.8 Å². The lowest BCUT2D eigenvalue weighted by atomic mass is 9.45. The van der Waals surface area contributed by atoms with E-state index in [0.29, 0.717) is 29.5 Å². The molecule has 0 N–H and O–H groups in total. The van der Waals surface area contributed by atoms with Gasteiger partial charge in [0.15, 0.2) is 6.29 Å². The van der Waals surface area contributed by atoms with Crippen molar-refractivity contribution in [2.75, 3.05) is 6.26 Å². The van der Waals surface area contributed by atoms with E-state index in [-0.39, 0.29) is 23.4 Å². The van der Waals surface area contributed by atoms with Gasteiger partial charge in [0.1, 0.15) is 11.9 Å². The van der Waals surface area contributed by atoms with Crippen LogP contribution in [0.2, 0.25) is 0 Å². The summed E-state index contributed by atoms with van der Waals surface area (Å²) in [5.74, 6) is 2.96. The number of rotatable bonds is 5. The molecule has 5 aliphatic rings. The Hall–Kier alpha value is -1.19. The zero-order valence-electron chi connectivity index (χ0n) is 22.0. The SMILES string of the molecule is C[C@H]1O[C@@H](O[C@@H]2CC[C@@]3(C)[C@@H](CC[C@@H]4[C@@H]3CC[C@]3(C)C(=O)CC[C@@H]43)C2)[C@H](N=[N+]=[N-])C[C@@H]1OS(C)(=O)=O. The van der Waals surface area contributed by atoms with Gasteiger partial charge in [-0.15, -0.1) is 0 Å². The van der Waals surface area contributed by atoms with Crippen LogP contribution in [0, 0.1) is 34.5 Å². The van der Waals surface area contributed by atoms with Gasteiger partial charge in [0, 0.05) is 16.7 Å². The number of hydrogen-bond donors (Lipinski definition) is 0. The molecule has 5 rings (SSSR count). The molecule has 0 unspecified atom stereocenters. The first kappa shape index (κ1) is 26.4. The van der Waals surface area contributed by atoms with E-state index in [1.54, 1.807) is 6.92 Å². The Morgan fingerprint density at radius 2 is 1.86 bits per heavy atom. The van der Waals surface area contributed by atoms with Crippen LogP contribution < -0.4 is 0 Å². The number of azide groups is 1. The number of nitrogens with zero attached hydrogens (tertiary/aromatic N) is 3. The molecule has 202 valence electrons. The highest BCUT2D eigenvalue weighted by Gasteiger charge is 2.60. The quantitative estimate of drug-likeness (QED) is 0.161. The molecular formula is C26H41N3O6S. The number of Topliss-reactive ketones (excluding diaryl/α,β-unsaturated/α-hetero) is 1. The summed E-state index contributed by atoms with van der Waals surface area (Å²) in [5.41, 5.74) is 9.28. The third-order valence-electron chi connectivity index (χ3n) is 10.8. The van der Waals surface area contributed by atoms with E-state index >= 15 is 0 Å². The molecule has 1 heterocycles. The fourth-order valence-electron chi connectivity index (χ4n) is 8.87. The summed E-state index contributed by atoms with van der Waals surface area (Å²) in [6.45, 7) is 6.49. The molecule has 0 spiro atoms. The lowest BCUT2D eigenvalue weighted by Crippen LogP contribution is -2.55. The normalized spacial score (nSPS) is 48.9. The van der Waals surface area contributed by atoms with Crippen molar-refractivity contribution in [2.45, 2.75) is 116 Å². The summed E-state index contributed by atoms with van der Waals surface area (Å²) >= 11 is 0. The van der Waals surface area contributed by atoms with E-state index in [2.05, 4.69) is 23.9 Å². The van der Waals surface area contributed by atoms with Gasteiger partial charge in [-0.2, -0.15) is 8.42 Å². The van der Waals surface area contributed by atoms with Gasteiger partial charge in [-0.3, -0.25) is 8.98 Å². The van der Waals surface area contributed by atoms with Crippen molar-refractivity contribution in [1.82, 2.24) is 0 Å². The van der Waals surface area contributed by atoms with Crippen molar-refractivity contribution in [3.05, 3.63) is 10.4 Å². The topological polar surface area (TPSA) is 128 Å². The molecule has 36 heavy (non-hydrogen) atoms. The molecule has 0 aromatic heterocycles. The average molecular weight is 524 g/mol. The third kappa shape index (κ3) is 4.62. The second kappa shape index (κ2) is 9.53. The number of carbonyl (C=O) groups is 1. The number of ether oxygens (including phenoxy) is 2. The first-order valence-electron chi connectivity index (χ1n) is 13.7. The van der Waals surface area contributed by atoms with Crippen LogP contribution >= 0.6 is 0 Å². The number of carbonyl (C=O) groups excluding carboxylic acids is 1. The van der Waals surface area contributed by atoms with Gasteiger partial charge < -0.3 is 9.47 Å². The molecule has 0 aromatic rings. The molecule has 0 aromatic carbocycles. The molecule has 0 radical (unpaired) electrons. The molecule has 5 fully saturated rings. The van der Waals surface area contributed by atoms with Gasteiger partial charge >= 0.3 is 0 Å². The van der Waals surface area contributed by atoms with Crippen LogP contribution in [0.1, 0.15) is 85.0 Å². The highest BCUT2D eigenvalue weighted by Crippen LogP contribution is 2.65. The lowest BCUT2D eigenvalue weighted by Gasteiger charge is -2.60. The molecule has 4 aliphatic carbocycles. The zero-order valence-corrected chi connectivity index (χ0v) is 22.8. The first-order valence-corrected chi connectivity index (χ1v) is 15.5. The second-order valence-electron chi connectivity index (χ2n) is 12.7. The zero-order chi connectivity index (χ0) is 25.9. The Morgan fingerprint density at radius 3 is 2.58 bits per heavy atom. The minimum atomic E-state index is -3.66. The summed E-state index contributed by atoms with van der Waals surface area (Å²) in [6.07, 6.45) is 8.74. The Balaban J connectivity index is 1.25. The van der Waals surface area contributed by atoms with Crippen LogP contribution in [0.5, 0.6) is 0 Å². The van der Waals surface area contributed by atoms with Crippen LogP contribution in [0.3, 0.4) is 0 Å². The molecule has 9 nitrogen and oxygen atoms in total. The van der Waals surface area contributed by atoms with Crippen molar-refractivity contribution in [3.63, 3.8) is 0 Å². The van der Waals surface area contributed by atoms with Crippen LogP contribution in [0.15, 0.2) is 5.11 Å². The molecule has 0 amide bonds. The number of fused-ring (bicyclic) bond motifs is 5. The van der Waals surface area contributed by atoms with Crippen molar-refractivity contribution >= 4 is 15.9 Å². The van der Waals surface area contributed by atoms with E-state index in [1.807, 2.05) is 0 Å². The maximum Gasteiger partial charge on any atom is 0.264 e. The Kier molecular flexibility index (Phi) is 6.99. The van der Waals surface area contributed by atoms with Gasteiger partial charge in [-0.25, -0.2) is 0 Å². The smallest absolute Gasteiger partial charge is 0.264 e. The monoisotopic (exact) mass is 523 g/mol. The van der Waals surface area contributed by atoms with Gasteiger partial charge in [-0.1, -0.05) is 19.0 Å². The molecule has 10 heteroatoms. The Bertz CT molecular complexity index is 1030. The standard InChI is InChI=1S/C26H41N3O6S/c1-15-22(35-36(4,31)32)14-21(28-29-27)24(33-15)34-17-9-11-25(2)16(13-17)5-6-18-19-7-8-23(30)26(19,3)12-10-20(18)25/h15-22,24H,5-14H2,1-4H3/t15-,16+,17-,18+,19+,20+,21-,22+,24+,25+,26+/m1/s1. The van der Waals surface area contributed by atoms with Crippen LogP contribution in [-0.4, -0.2) is 51.1 Å². The third-order valence-corrected chi connectivity index (χ3v) is 11.4. The molecule has 1 saturated heterocycles. The van der Waals surface area contributed by atoms with Crippen molar-refractivity contribution in [1.29, 1.82) is 0 Å². The highest BCUT2D eigenvalue weighted by molar-refractivity contribution is 7.86. The van der Waals surface area contributed by atoms with E-state index < -0.39 is 34.7 Å². The average Bonchev–Trinajstić information content (AvgIpc) is 3.11. The summed E-state index contributed by atoms with van der Waals surface area (Å²) in [6, 6.07) is -0.641. The summed E-state index contributed by atoms with van der Waals surface area (Å²) in [5, 5.41) is 3.87. The molecule has 4 saturated carbocycles. The number of ketones is 1. The summed E-state index contributed by atoms with van der Waals surface area (Å²) in [7, 11) is -3.66. The molecule has 0 bridgehead atoms. The van der Waals surface area contributed by atoms with Crippen LogP contribution in [0.25, 0.3) is 10.4 Å².